The Morgan fingerprint density at radius 1 is 1.13 bits per heavy atom. The molecule has 0 atom stereocenters. The minimum absolute atomic E-state index is 0.446. The first-order valence-electron chi connectivity index (χ1n) is 10.4. The smallest absolute Gasteiger partial charge is 0.164 e. The zero-order valence-electron chi connectivity index (χ0n) is 17.3. The highest BCUT2D eigenvalue weighted by Crippen LogP contribution is 2.54. The molecule has 8 heteroatoms. The zero-order valence-corrected chi connectivity index (χ0v) is 18.1. The van der Waals surface area contributed by atoms with Crippen molar-refractivity contribution in [3.8, 4) is 11.4 Å². The number of anilines is 1. The first-order chi connectivity index (χ1) is 14.4. The predicted molar refractivity (Wildman–Crippen MR) is 117 cm³/mol. The number of rotatable bonds is 5. The third-order valence-corrected chi connectivity index (χ3v) is 9.17. The fourth-order valence-corrected chi connectivity index (χ4v) is 6.24. The third kappa shape index (κ3) is 3.01. The number of nitrogens with zero attached hydrogens (tertiary/aromatic N) is 3. The molecule has 7 nitrogen and oxygen atoms in total. The van der Waals surface area contributed by atoms with Gasteiger partial charge in [-0.15, -0.1) is 0 Å². The van der Waals surface area contributed by atoms with Gasteiger partial charge >= 0.3 is 0 Å². The summed E-state index contributed by atoms with van der Waals surface area (Å²) in [7, 11) is -3.34. The van der Waals surface area contributed by atoms with Gasteiger partial charge in [0.15, 0.2) is 15.7 Å². The van der Waals surface area contributed by atoms with Crippen molar-refractivity contribution in [3.63, 3.8) is 0 Å². The fraction of sp³-hybridized carbons (Fsp3) is 0.455. The SMILES string of the molecule is CC(C)S(=O)(=O)C1(c2cc(N3CCOCC3)nc(-c3cccc4[nH]ccc34)n2)CC1. The van der Waals surface area contributed by atoms with Gasteiger partial charge in [0.25, 0.3) is 0 Å². The van der Waals surface area contributed by atoms with E-state index in [0.717, 1.165) is 35.4 Å². The van der Waals surface area contributed by atoms with Crippen LogP contribution in [0.3, 0.4) is 0 Å². The summed E-state index contributed by atoms with van der Waals surface area (Å²) in [5.74, 6) is 1.35. The number of aromatic nitrogens is 3. The van der Waals surface area contributed by atoms with Crippen LogP contribution in [0.25, 0.3) is 22.3 Å². The number of nitrogens with one attached hydrogen (secondary N) is 1. The Balaban J connectivity index is 1.70. The van der Waals surface area contributed by atoms with Crippen LogP contribution in [-0.4, -0.2) is 54.9 Å². The Labute approximate surface area is 176 Å². The van der Waals surface area contributed by atoms with Crippen molar-refractivity contribution in [1.29, 1.82) is 0 Å². The van der Waals surface area contributed by atoms with Gasteiger partial charge < -0.3 is 14.6 Å². The number of ether oxygens (including phenoxy) is 1. The molecular weight excluding hydrogens is 400 g/mol. The van der Waals surface area contributed by atoms with E-state index in [1.165, 1.54) is 0 Å². The lowest BCUT2D eigenvalue weighted by atomic mass is 10.1. The molecule has 158 valence electrons. The normalized spacial score (nSPS) is 18.8. The molecule has 0 bridgehead atoms. The summed E-state index contributed by atoms with van der Waals surface area (Å²) < 4.78 is 31.0. The maximum Gasteiger partial charge on any atom is 0.164 e. The second-order valence-corrected chi connectivity index (χ2v) is 11.2. The number of morpholine rings is 1. The molecule has 1 saturated carbocycles. The molecule has 0 unspecified atom stereocenters. The third-order valence-electron chi connectivity index (χ3n) is 6.22. The first-order valence-corrected chi connectivity index (χ1v) is 12.0. The molecule has 3 aromatic rings. The van der Waals surface area contributed by atoms with E-state index in [-0.39, 0.29) is 0 Å². The van der Waals surface area contributed by atoms with Gasteiger partial charge in [0.05, 0.1) is 24.2 Å². The highest BCUT2D eigenvalue weighted by molar-refractivity contribution is 7.93. The van der Waals surface area contributed by atoms with Crippen LogP contribution in [0.4, 0.5) is 5.82 Å². The molecule has 30 heavy (non-hydrogen) atoms. The molecule has 1 N–H and O–H groups in total. The lowest BCUT2D eigenvalue weighted by molar-refractivity contribution is 0.122. The van der Waals surface area contributed by atoms with Gasteiger partial charge in [-0.25, -0.2) is 18.4 Å². The molecule has 3 heterocycles. The Bertz CT molecular complexity index is 1190. The minimum Gasteiger partial charge on any atom is -0.378 e. The molecule has 5 rings (SSSR count). The number of hydrogen-bond acceptors (Lipinski definition) is 6. The molecule has 1 aromatic carbocycles. The highest BCUT2D eigenvalue weighted by atomic mass is 32.2. The van der Waals surface area contributed by atoms with Crippen LogP contribution in [-0.2, 0) is 19.3 Å². The summed E-state index contributed by atoms with van der Waals surface area (Å²) in [6.45, 7) is 6.24. The Hall–Kier alpha value is -2.45. The summed E-state index contributed by atoms with van der Waals surface area (Å²) in [6.07, 6.45) is 3.12. The van der Waals surface area contributed by atoms with Crippen LogP contribution in [0.1, 0.15) is 32.4 Å². The van der Waals surface area contributed by atoms with Gasteiger partial charge in [0.2, 0.25) is 0 Å². The van der Waals surface area contributed by atoms with Gasteiger partial charge in [-0.3, -0.25) is 0 Å². The summed E-state index contributed by atoms with van der Waals surface area (Å²) in [5, 5.41) is 0.581. The van der Waals surface area contributed by atoms with E-state index < -0.39 is 19.8 Å². The van der Waals surface area contributed by atoms with Gasteiger partial charge in [0.1, 0.15) is 10.6 Å². The van der Waals surface area contributed by atoms with E-state index in [0.29, 0.717) is 37.6 Å². The van der Waals surface area contributed by atoms with Crippen LogP contribution in [0.15, 0.2) is 36.5 Å². The summed E-state index contributed by atoms with van der Waals surface area (Å²) in [5.41, 5.74) is 2.53. The molecule has 2 fully saturated rings. The van der Waals surface area contributed by atoms with Crippen molar-refractivity contribution >= 4 is 26.6 Å². The molecule has 1 saturated heterocycles. The van der Waals surface area contributed by atoms with Crippen molar-refractivity contribution < 1.29 is 13.2 Å². The molecule has 1 aliphatic heterocycles. The molecule has 2 aromatic heterocycles. The number of sulfone groups is 1. The zero-order chi connectivity index (χ0) is 20.9. The fourth-order valence-electron chi connectivity index (χ4n) is 4.27. The molecular formula is C22H26N4O3S. The summed E-state index contributed by atoms with van der Waals surface area (Å²) in [4.78, 5) is 15.1. The van der Waals surface area contributed by atoms with E-state index in [2.05, 4.69) is 9.88 Å². The maximum atomic E-state index is 13.2. The largest absolute Gasteiger partial charge is 0.378 e. The van der Waals surface area contributed by atoms with Gasteiger partial charge in [-0.1, -0.05) is 12.1 Å². The Kier molecular flexibility index (Phi) is 4.59. The highest BCUT2D eigenvalue weighted by Gasteiger charge is 2.58. The second-order valence-electron chi connectivity index (χ2n) is 8.37. The van der Waals surface area contributed by atoms with Crippen LogP contribution in [0.5, 0.6) is 0 Å². The van der Waals surface area contributed by atoms with Crippen LogP contribution in [0, 0.1) is 0 Å². The predicted octanol–water partition coefficient (Wildman–Crippen LogP) is 3.27. The van der Waals surface area contributed by atoms with Crippen LogP contribution < -0.4 is 4.90 Å². The molecule has 0 amide bonds. The molecule has 1 aliphatic carbocycles. The molecule has 0 radical (unpaired) electrons. The quantitative estimate of drug-likeness (QED) is 0.674. The maximum absolute atomic E-state index is 13.2. The van der Waals surface area contributed by atoms with Gasteiger partial charge in [-0.2, -0.15) is 0 Å². The lowest BCUT2D eigenvalue weighted by Crippen LogP contribution is -2.37. The average molecular weight is 427 g/mol. The van der Waals surface area contributed by atoms with Gasteiger partial charge in [0, 0.05) is 41.8 Å². The monoisotopic (exact) mass is 426 g/mol. The molecule has 0 spiro atoms. The average Bonchev–Trinajstić information content (AvgIpc) is 3.45. The number of fused-ring (bicyclic) bond motifs is 1. The Morgan fingerprint density at radius 3 is 2.60 bits per heavy atom. The van der Waals surface area contributed by atoms with E-state index >= 15 is 0 Å². The van der Waals surface area contributed by atoms with Crippen molar-refractivity contribution in [1.82, 2.24) is 15.0 Å². The number of benzene rings is 1. The van der Waals surface area contributed by atoms with Crippen LogP contribution in [0.2, 0.25) is 0 Å². The molecule has 2 aliphatic rings. The lowest BCUT2D eigenvalue weighted by Gasteiger charge is -2.29. The van der Waals surface area contributed by atoms with Crippen molar-refractivity contribution in [3.05, 3.63) is 42.2 Å². The van der Waals surface area contributed by atoms with E-state index in [4.69, 9.17) is 14.7 Å². The number of hydrogen-bond donors (Lipinski definition) is 1. The summed E-state index contributed by atoms with van der Waals surface area (Å²) >= 11 is 0. The van der Waals surface area contributed by atoms with Crippen LogP contribution >= 0.6 is 0 Å². The van der Waals surface area contributed by atoms with Gasteiger partial charge in [-0.05, 0) is 38.8 Å². The topological polar surface area (TPSA) is 88.2 Å². The Morgan fingerprint density at radius 2 is 1.90 bits per heavy atom. The first kappa shape index (κ1) is 19.5. The van der Waals surface area contributed by atoms with Crippen molar-refractivity contribution in [2.24, 2.45) is 0 Å². The number of H-pyrrole nitrogens is 1. The number of aromatic amines is 1. The van der Waals surface area contributed by atoms with Crippen molar-refractivity contribution in [2.45, 2.75) is 36.7 Å². The second kappa shape index (κ2) is 7.06. The standard InChI is InChI=1S/C22H26N4O3S/c1-15(2)30(27,28)22(7-8-22)19-14-20(26-10-12-29-13-11-26)25-21(24-19)17-4-3-5-18-16(17)6-9-23-18/h3-6,9,14-15,23H,7-8,10-13H2,1-2H3. The summed E-state index contributed by atoms with van der Waals surface area (Å²) in [6, 6.07) is 9.87. The van der Waals surface area contributed by atoms with Crippen molar-refractivity contribution in [2.75, 3.05) is 31.2 Å². The van der Waals surface area contributed by atoms with E-state index in [1.807, 2.05) is 36.5 Å². The van der Waals surface area contributed by atoms with E-state index in [9.17, 15) is 8.42 Å². The minimum atomic E-state index is -3.34. The van der Waals surface area contributed by atoms with E-state index in [1.54, 1.807) is 13.8 Å².